The van der Waals surface area contributed by atoms with Crippen LogP contribution in [0, 0.1) is 11.7 Å². The molecule has 1 aromatic carbocycles. The first-order valence-electron chi connectivity index (χ1n) is 6.23. The molecule has 1 aliphatic heterocycles. The number of methoxy groups -OCH3 is 1. The van der Waals surface area contributed by atoms with E-state index < -0.39 is 0 Å². The quantitative estimate of drug-likeness (QED) is 0.769. The van der Waals surface area contributed by atoms with Crippen LogP contribution < -0.4 is 4.74 Å². The fraction of sp³-hybridized carbons (Fsp3) is 0.500. The van der Waals surface area contributed by atoms with E-state index in [1.54, 1.807) is 18.2 Å². The fourth-order valence-corrected chi connectivity index (χ4v) is 2.32. The van der Waals surface area contributed by atoms with Gasteiger partial charge in [0.15, 0.2) is 11.6 Å². The molecule has 1 saturated heterocycles. The first-order chi connectivity index (χ1) is 8.74. The number of rotatable bonds is 4. The van der Waals surface area contributed by atoms with E-state index >= 15 is 0 Å². The lowest BCUT2D eigenvalue weighted by atomic mass is 9.98. The number of likely N-dealkylation sites (tertiary alicyclic amines) is 1. The molecule has 0 unspecified atom stereocenters. The Balaban J connectivity index is 2.00. The van der Waals surface area contributed by atoms with Crippen molar-refractivity contribution in [2.75, 3.05) is 20.2 Å². The standard InChI is InChI=1S/C14H18FNO2/c1-18-13-4-2-3-12(14(13)15)9-16-7-5-11(10-17)6-8-16/h2-4,10-11H,5-9H2,1H3. The zero-order valence-electron chi connectivity index (χ0n) is 10.6. The summed E-state index contributed by atoms with van der Waals surface area (Å²) >= 11 is 0. The van der Waals surface area contributed by atoms with Gasteiger partial charge in [0.05, 0.1) is 7.11 Å². The molecule has 0 aliphatic carbocycles. The number of carbonyl (C=O) groups is 1. The van der Waals surface area contributed by atoms with Crippen molar-refractivity contribution >= 4 is 6.29 Å². The maximum absolute atomic E-state index is 14.0. The van der Waals surface area contributed by atoms with Crippen LogP contribution in [-0.2, 0) is 11.3 Å². The second-order valence-corrected chi connectivity index (χ2v) is 4.68. The molecular formula is C14H18FNO2. The van der Waals surface area contributed by atoms with Crippen LogP contribution in [0.5, 0.6) is 5.75 Å². The molecule has 18 heavy (non-hydrogen) atoms. The molecular weight excluding hydrogens is 233 g/mol. The van der Waals surface area contributed by atoms with Crippen molar-refractivity contribution < 1.29 is 13.9 Å². The lowest BCUT2D eigenvalue weighted by Gasteiger charge is -2.29. The van der Waals surface area contributed by atoms with Crippen molar-refractivity contribution in [3.8, 4) is 5.75 Å². The van der Waals surface area contributed by atoms with Gasteiger partial charge in [-0.1, -0.05) is 12.1 Å². The summed E-state index contributed by atoms with van der Waals surface area (Å²) in [5.41, 5.74) is 0.652. The van der Waals surface area contributed by atoms with E-state index in [1.165, 1.54) is 7.11 Å². The molecule has 1 aromatic rings. The number of piperidine rings is 1. The molecule has 2 rings (SSSR count). The van der Waals surface area contributed by atoms with Crippen molar-refractivity contribution in [2.24, 2.45) is 5.92 Å². The van der Waals surface area contributed by atoms with Gasteiger partial charge in [0.1, 0.15) is 6.29 Å². The number of benzene rings is 1. The highest BCUT2D eigenvalue weighted by molar-refractivity contribution is 5.53. The summed E-state index contributed by atoms with van der Waals surface area (Å²) in [4.78, 5) is 12.8. The third-order valence-electron chi connectivity index (χ3n) is 3.48. The summed E-state index contributed by atoms with van der Waals surface area (Å²) in [6.45, 7) is 2.27. The van der Waals surface area contributed by atoms with Crippen LogP contribution in [0.1, 0.15) is 18.4 Å². The Bertz CT molecular complexity index is 414. The summed E-state index contributed by atoms with van der Waals surface area (Å²) in [7, 11) is 1.47. The molecule has 0 N–H and O–H groups in total. The summed E-state index contributed by atoms with van der Waals surface area (Å²) < 4.78 is 18.9. The predicted octanol–water partition coefficient (Wildman–Crippen LogP) is 2.25. The van der Waals surface area contributed by atoms with E-state index in [9.17, 15) is 9.18 Å². The SMILES string of the molecule is COc1cccc(CN2CCC(C=O)CC2)c1F. The molecule has 0 radical (unpaired) electrons. The summed E-state index contributed by atoms with van der Waals surface area (Å²) in [5, 5.41) is 0. The smallest absolute Gasteiger partial charge is 0.169 e. The summed E-state index contributed by atoms with van der Waals surface area (Å²) in [6.07, 6.45) is 2.77. The number of halogens is 1. The number of carbonyl (C=O) groups excluding carboxylic acids is 1. The average Bonchev–Trinajstić information content (AvgIpc) is 2.42. The van der Waals surface area contributed by atoms with Crippen molar-refractivity contribution in [1.82, 2.24) is 4.90 Å². The molecule has 3 nitrogen and oxygen atoms in total. The molecule has 0 aromatic heterocycles. The van der Waals surface area contributed by atoms with Crippen LogP contribution in [0.4, 0.5) is 4.39 Å². The van der Waals surface area contributed by atoms with E-state index in [1.807, 2.05) is 0 Å². The van der Waals surface area contributed by atoms with Gasteiger partial charge < -0.3 is 9.53 Å². The first kappa shape index (κ1) is 13.0. The minimum atomic E-state index is -0.280. The third kappa shape index (κ3) is 2.88. The third-order valence-corrected chi connectivity index (χ3v) is 3.48. The number of hydrogen-bond acceptors (Lipinski definition) is 3. The minimum Gasteiger partial charge on any atom is -0.494 e. The fourth-order valence-electron chi connectivity index (χ4n) is 2.32. The molecule has 4 heteroatoms. The number of hydrogen-bond donors (Lipinski definition) is 0. The van der Waals surface area contributed by atoms with Gasteiger partial charge in [-0.3, -0.25) is 4.90 Å². The lowest BCUT2D eigenvalue weighted by Crippen LogP contribution is -2.33. The number of nitrogens with zero attached hydrogens (tertiary/aromatic N) is 1. The van der Waals surface area contributed by atoms with Gasteiger partial charge in [-0.05, 0) is 32.0 Å². The van der Waals surface area contributed by atoms with Crippen LogP contribution >= 0.6 is 0 Å². The zero-order chi connectivity index (χ0) is 13.0. The van der Waals surface area contributed by atoms with Gasteiger partial charge in [-0.15, -0.1) is 0 Å². The molecule has 1 fully saturated rings. The van der Waals surface area contributed by atoms with Gasteiger partial charge in [0.2, 0.25) is 0 Å². The highest BCUT2D eigenvalue weighted by atomic mass is 19.1. The largest absolute Gasteiger partial charge is 0.494 e. The van der Waals surface area contributed by atoms with Crippen LogP contribution in [0.25, 0.3) is 0 Å². The van der Waals surface area contributed by atoms with Gasteiger partial charge >= 0.3 is 0 Å². The van der Waals surface area contributed by atoms with Gasteiger partial charge in [-0.25, -0.2) is 4.39 Å². The average molecular weight is 251 g/mol. The number of aldehydes is 1. The molecule has 0 amide bonds. The highest BCUT2D eigenvalue weighted by Gasteiger charge is 2.20. The normalized spacial score (nSPS) is 17.7. The Morgan fingerprint density at radius 1 is 1.44 bits per heavy atom. The Kier molecular flexibility index (Phi) is 4.31. The van der Waals surface area contributed by atoms with Crippen molar-refractivity contribution in [3.63, 3.8) is 0 Å². The Labute approximate surface area is 107 Å². The van der Waals surface area contributed by atoms with E-state index in [2.05, 4.69) is 4.90 Å². The van der Waals surface area contributed by atoms with E-state index in [4.69, 9.17) is 4.74 Å². The van der Waals surface area contributed by atoms with Crippen LogP contribution in [0.3, 0.4) is 0 Å². The second-order valence-electron chi connectivity index (χ2n) is 4.68. The maximum atomic E-state index is 14.0. The van der Waals surface area contributed by atoms with E-state index in [-0.39, 0.29) is 17.5 Å². The highest BCUT2D eigenvalue weighted by Crippen LogP contribution is 2.23. The summed E-state index contributed by atoms with van der Waals surface area (Å²) in [5.74, 6) is 0.184. The van der Waals surface area contributed by atoms with Crippen molar-refractivity contribution in [2.45, 2.75) is 19.4 Å². The minimum absolute atomic E-state index is 0.177. The molecule has 0 bridgehead atoms. The second kappa shape index (κ2) is 5.96. The van der Waals surface area contributed by atoms with Crippen LogP contribution in [-0.4, -0.2) is 31.4 Å². The Morgan fingerprint density at radius 3 is 2.78 bits per heavy atom. The van der Waals surface area contributed by atoms with E-state index in [0.717, 1.165) is 32.2 Å². The Hall–Kier alpha value is -1.42. The van der Waals surface area contributed by atoms with Gasteiger partial charge in [0.25, 0.3) is 0 Å². The van der Waals surface area contributed by atoms with Crippen LogP contribution in [0.15, 0.2) is 18.2 Å². The topological polar surface area (TPSA) is 29.5 Å². The molecule has 1 aliphatic rings. The number of ether oxygens (including phenoxy) is 1. The van der Waals surface area contributed by atoms with Crippen molar-refractivity contribution in [1.29, 1.82) is 0 Å². The lowest BCUT2D eigenvalue weighted by molar-refractivity contribution is -0.112. The zero-order valence-corrected chi connectivity index (χ0v) is 10.6. The first-order valence-corrected chi connectivity index (χ1v) is 6.23. The molecule has 98 valence electrons. The molecule has 0 saturated carbocycles. The van der Waals surface area contributed by atoms with Crippen LogP contribution in [0.2, 0.25) is 0 Å². The summed E-state index contributed by atoms with van der Waals surface area (Å²) in [6, 6.07) is 5.20. The maximum Gasteiger partial charge on any atom is 0.169 e. The van der Waals surface area contributed by atoms with Crippen molar-refractivity contribution in [3.05, 3.63) is 29.6 Å². The monoisotopic (exact) mass is 251 g/mol. The Morgan fingerprint density at radius 2 is 2.17 bits per heavy atom. The predicted molar refractivity (Wildman–Crippen MR) is 67.0 cm³/mol. The van der Waals surface area contributed by atoms with Gasteiger partial charge in [0, 0.05) is 18.0 Å². The molecule has 0 spiro atoms. The van der Waals surface area contributed by atoms with E-state index in [0.29, 0.717) is 12.1 Å². The molecule has 1 heterocycles. The van der Waals surface area contributed by atoms with Gasteiger partial charge in [-0.2, -0.15) is 0 Å². The molecule has 0 atom stereocenters.